The normalized spacial score (nSPS) is 31.0. The molecule has 2 fully saturated rings. The van der Waals surface area contributed by atoms with Gasteiger partial charge in [-0.2, -0.15) is 0 Å². The van der Waals surface area contributed by atoms with Crippen LogP contribution >= 0.6 is 27.3 Å². The molecule has 3 rings (SSSR count). The highest BCUT2D eigenvalue weighted by atomic mass is 79.9. The Kier molecular flexibility index (Phi) is 2.65. The van der Waals surface area contributed by atoms with Crippen LogP contribution in [0.15, 0.2) is 15.9 Å². The molecular formula is C12H16BrNS. The van der Waals surface area contributed by atoms with Gasteiger partial charge in [0.15, 0.2) is 0 Å². The Labute approximate surface area is 103 Å². The average molecular weight is 286 g/mol. The molecule has 1 aromatic heterocycles. The van der Waals surface area contributed by atoms with E-state index in [1.54, 1.807) is 0 Å². The van der Waals surface area contributed by atoms with Gasteiger partial charge in [0.2, 0.25) is 0 Å². The summed E-state index contributed by atoms with van der Waals surface area (Å²) < 4.78 is 1.27. The van der Waals surface area contributed by atoms with Gasteiger partial charge in [0.1, 0.15) is 0 Å². The number of halogens is 1. The lowest BCUT2D eigenvalue weighted by Crippen LogP contribution is -2.43. The van der Waals surface area contributed by atoms with E-state index in [-0.39, 0.29) is 0 Å². The maximum atomic E-state index is 3.78. The summed E-state index contributed by atoms with van der Waals surface area (Å²) in [6.07, 6.45) is 6.88. The first-order chi connectivity index (χ1) is 7.28. The highest BCUT2D eigenvalue weighted by Gasteiger charge is 2.46. The van der Waals surface area contributed by atoms with Crippen LogP contribution < -0.4 is 5.32 Å². The molecule has 1 aliphatic heterocycles. The molecule has 1 saturated carbocycles. The second-order valence-corrected chi connectivity index (χ2v) is 7.39. The first kappa shape index (κ1) is 10.3. The van der Waals surface area contributed by atoms with Gasteiger partial charge in [-0.1, -0.05) is 0 Å². The zero-order chi connectivity index (χ0) is 10.3. The molecular weight excluding hydrogens is 270 g/mol. The van der Waals surface area contributed by atoms with Crippen LogP contribution in [0.25, 0.3) is 0 Å². The van der Waals surface area contributed by atoms with Gasteiger partial charge in [-0.15, -0.1) is 11.3 Å². The number of hydrogen-bond acceptors (Lipinski definition) is 2. The maximum absolute atomic E-state index is 3.78. The predicted octanol–water partition coefficient (Wildman–Crippen LogP) is 3.59. The third-order valence-corrected chi connectivity index (χ3v) is 5.38. The van der Waals surface area contributed by atoms with Crippen molar-refractivity contribution in [3.8, 4) is 0 Å². The highest BCUT2D eigenvalue weighted by Crippen LogP contribution is 2.46. The van der Waals surface area contributed by atoms with Gasteiger partial charge in [-0.05, 0) is 66.2 Å². The van der Waals surface area contributed by atoms with Gasteiger partial charge >= 0.3 is 0 Å². The molecule has 82 valence electrons. The molecule has 0 spiro atoms. The van der Waals surface area contributed by atoms with Crippen LogP contribution in [-0.4, -0.2) is 12.1 Å². The van der Waals surface area contributed by atoms with E-state index in [1.807, 2.05) is 11.3 Å². The van der Waals surface area contributed by atoms with Crippen molar-refractivity contribution in [2.24, 2.45) is 5.92 Å². The lowest BCUT2D eigenvalue weighted by Gasteiger charge is -2.29. The molecule has 2 heterocycles. The molecule has 2 aliphatic rings. The van der Waals surface area contributed by atoms with E-state index in [0.29, 0.717) is 5.54 Å². The largest absolute Gasteiger partial charge is 0.311 e. The Morgan fingerprint density at radius 3 is 2.87 bits per heavy atom. The first-order valence-electron chi connectivity index (χ1n) is 5.78. The molecule has 15 heavy (non-hydrogen) atoms. The Morgan fingerprint density at radius 2 is 2.33 bits per heavy atom. The van der Waals surface area contributed by atoms with Gasteiger partial charge in [-0.3, -0.25) is 0 Å². The van der Waals surface area contributed by atoms with Crippen LogP contribution in [0.4, 0.5) is 0 Å². The molecule has 0 bridgehead atoms. The minimum Gasteiger partial charge on any atom is -0.311 e. The molecule has 0 radical (unpaired) electrons. The van der Waals surface area contributed by atoms with Crippen molar-refractivity contribution >= 4 is 27.3 Å². The summed E-state index contributed by atoms with van der Waals surface area (Å²) in [7, 11) is 0. The lowest BCUT2D eigenvalue weighted by atomic mass is 9.87. The van der Waals surface area contributed by atoms with Crippen molar-refractivity contribution in [3.63, 3.8) is 0 Å². The number of hydrogen-bond donors (Lipinski definition) is 1. The molecule has 1 unspecified atom stereocenters. The molecule has 1 saturated heterocycles. The van der Waals surface area contributed by atoms with Crippen LogP contribution in [0.2, 0.25) is 0 Å². The highest BCUT2D eigenvalue weighted by molar-refractivity contribution is 9.11. The number of nitrogens with one attached hydrogen (secondary N) is 1. The van der Waals surface area contributed by atoms with E-state index in [2.05, 4.69) is 33.4 Å². The average Bonchev–Trinajstić information content (AvgIpc) is 2.86. The molecule has 1 nitrogen and oxygen atoms in total. The van der Waals surface area contributed by atoms with Crippen LogP contribution in [0.5, 0.6) is 0 Å². The van der Waals surface area contributed by atoms with E-state index in [4.69, 9.17) is 0 Å². The van der Waals surface area contributed by atoms with Crippen LogP contribution in [0.1, 0.15) is 30.6 Å². The van der Waals surface area contributed by atoms with Crippen LogP contribution in [0, 0.1) is 5.92 Å². The van der Waals surface area contributed by atoms with Crippen LogP contribution in [-0.2, 0) is 6.42 Å². The summed E-state index contributed by atoms with van der Waals surface area (Å²) in [4.78, 5) is 1.53. The standard InChI is InChI=1S/C12H16BrNS/c13-11-5-4-10(15-11)8-12(9-2-3-9)6-1-7-14-12/h4-5,9,14H,1-3,6-8H2. The second-order valence-electron chi connectivity index (χ2n) is 4.84. The Hall–Kier alpha value is 0.140. The van der Waals surface area contributed by atoms with Gasteiger partial charge < -0.3 is 5.32 Å². The summed E-state index contributed by atoms with van der Waals surface area (Å²) >= 11 is 5.44. The summed E-state index contributed by atoms with van der Waals surface area (Å²) in [5, 5.41) is 3.78. The van der Waals surface area contributed by atoms with Crippen molar-refractivity contribution in [2.45, 2.75) is 37.6 Å². The Balaban J connectivity index is 1.78. The van der Waals surface area contributed by atoms with Gasteiger partial charge in [0.05, 0.1) is 3.79 Å². The molecule has 0 aromatic carbocycles. The first-order valence-corrected chi connectivity index (χ1v) is 7.39. The topological polar surface area (TPSA) is 12.0 Å². The molecule has 0 amide bonds. The van der Waals surface area contributed by atoms with Crippen molar-refractivity contribution in [1.29, 1.82) is 0 Å². The second kappa shape index (κ2) is 3.86. The van der Waals surface area contributed by atoms with Crippen molar-refractivity contribution < 1.29 is 0 Å². The van der Waals surface area contributed by atoms with Gasteiger partial charge in [-0.25, -0.2) is 0 Å². The third-order valence-electron chi connectivity index (χ3n) is 3.75. The quantitative estimate of drug-likeness (QED) is 0.895. The number of rotatable bonds is 3. The molecule has 3 heteroatoms. The van der Waals surface area contributed by atoms with E-state index >= 15 is 0 Å². The molecule has 1 aliphatic carbocycles. The molecule has 1 aromatic rings. The van der Waals surface area contributed by atoms with Crippen molar-refractivity contribution in [2.75, 3.05) is 6.54 Å². The fourth-order valence-electron chi connectivity index (χ4n) is 2.87. The summed E-state index contributed by atoms with van der Waals surface area (Å²) in [6.45, 7) is 1.23. The van der Waals surface area contributed by atoms with E-state index in [9.17, 15) is 0 Å². The van der Waals surface area contributed by atoms with Crippen LogP contribution in [0.3, 0.4) is 0 Å². The van der Waals surface area contributed by atoms with Gasteiger partial charge in [0, 0.05) is 16.8 Å². The smallest absolute Gasteiger partial charge is 0.0701 e. The molecule has 1 N–H and O–H groups in total. The summed E-state index contributed by atoms with van der Waals surface area (Å²) in [5.74, 6) is 0.959. The van der Waals surface area contributed by atoms with E-state index in [0.717, 1.165) is 5.92 Å². The SMILES string of the molecule is Brc1ccc(CC2(C3CC3)CCCN2)s1. The Bertz CT molecular complexity index is 350. The summed E-state index contributed by atoms with van der Waals surface area (Å²) in [6, 6.07) is 4.45. The fourth-order valence-corrected chi connectivity index (χ4v) is 4.48. The zero-order valence-electron chi connectivity index (χ0n) is 8.76. The maximum Gasteiger partial charge on any atom is 0.0701 e. The van der Waals surface area contributed by atoms with Crippen molar-refractivity contribution in [1.82, 2.24) is 5.32 Å². The number of thiophene rings is 1. The zero-order valence-corrected chi connectivity index (χ0v) is 11.2. The van der Waals surface area contributed by atoms with Gasteiger partial charge in [0.25, 0.3) is 0 Å². The lowest BCUT2D eigenvalue weighted by molar-refractivity contribution is 0.325. The van der Waals surface area contributed by atoms with E-state index < -0.39 is 0 Å². The van der Waals surface area contributed by atoms with E-state index in [1.165, 1.54) is 47.3 Å². The predicted molar refractivity (Wildman–Crippen MR) is 68.4 cm³/mol. The monoisotopic (exact) mass is 285 g/mol. The summed E-state index contributed by atoms with van der Waals surface area (Å²) in [5.41, 5.74) is 0.463. The minimum atomic E-state index is 0.463. The fraction of sp³-hybridized carbons (Fsp3) is 0.667. The minimum absolute atomic E-state index is 0.463. The Morgan fingerprint density at radius 1 is 1.47 bits per heavy atom. The third kappa shape index (κ3) is 2.02. The van der Waals surface area contributed by atoms with Crippen molar-refractivity contribution in [3.05, 3.63) is 20.8 Å². The molecule has 1 atom stereocenters.